The van der Waals surface area contributed by atoms with E-state index < -0.39 is 10.0 Å². The van der Waals surface area contributed by atoms with Crippen molar-refractivity contribution in [1.29, 1.82) is 0 Å². The summed E-state index contributed by atoms with van der Waals surface area (Å²) in [6.45, 7) is 4.02. The molecular weight excluding hydrogens is 344 g/mol. The van der Waals surface area contributed by atoms with Crippen molar-refractivity contribution in [3.8, 4) is 0 Å². The standard InChI is InChI=1S/C15H22N6O3S/c1-2-14-17-15-13(4-3-6-20(15)18-14)19-25(22,23)12-8-16-21(9-12)11-5-7-24-10-11/h8-9,11,13,19H,2-7,10H2,1H3/t11-,13+/m0/s1. The van der Waals surface area contributed by atoms with E-state index in [2.05, 4.69) is 19.9 Å². The molecule has 1 saturated heterocycles. The molecule has 2 aliphatic heterocycles. The van der Waals surface area contributed by atoms with Crippen molar-refractivity contribution >= 4 is 10.0 Å². The number of aromatic nitrogens is 5. The average molecular weight is 366 g/mol. The maximum atomic E-state index is 12.8. The van der Waals surface area contributed by atoms with Crippen LogP contribution in [0.25, 0.3) is 0 Å². The van der Waals surface area contributed by atoms with Gasteiger partial charge in [-0.05, 0) is 19.3 Å². The van der Waals surface area contributed by atoms with Crippen LogP contribution in [-0.2, 0) is 27.7 Å². The molecule has 0 bridgehead atoms. The highest BCUT2D eigenvalue weighted by molar-refractivity contribution is 7.89. The highest BCUT2D eigenvalue weighted by Crippen LogP contribution is 2.26. The first kappa shape index (κ1) is 16.7. The second-order valence-electron chi connectivity index (χ2n) is 6.45. The zero-order valence-electron chi connectivity index (χ0n) is 14.1. The summed E-state index contributed by atoms with van der Waals surface area (Å²) in [6.07, 6.45) is 6.13. The van der Waals surface area contributed by atoms with Gasteiger partial charge in [-0.3, -0.25) is 4.68 Å². The van der Waals surface area contributed by atoms with Gasteiger partial charge in [-0.2, -0.15) is 10.2 Å². The molecule has 1 fully saturated rings. The van der Waals surface area contributed by atoms with Crippen molar-refractivity contribution in [2.75, 3.05) is 13.2 Å². The third kappa shape index (κ3) is 3.21. The second kappa shape index (κ2) is 6.50. The molecule has 2 atom stereocenters. The Hall–Kier alpha value is -1.78. The van der Waals surface area contributed by atoms with Crippen LogP contribution in [0.5, 0.6) is 0 Å². The molecule has 10 heteroatoms. The lowest BCUT2D eigenvalue weighted by molar-refractivity contribution is 0.184. The highest BCUT2D eigenvalue weighted by atomic mass is 32.2. The maximum absolute atomic E-state index is 12.8. The number of aryl methyl sites for hydroxylation is 2. The lowest BCUT2D eigenvalue weighted by Crippen LogP contribution is -2.33. The van der Waals surface area contributed by atoms with Gasteiger partial charge in [0.2, 0.25) is 10.0 Å². The molecule has 0 aromatic carbocycles. The molecular formula is C15H22N6O3S. The van der Waals surface area contributed by atoms with Gasteiger partial charge in [0, 0.05) is 25.8 Å². The van der Waals surface area contributed by atoms with Crippen LogP contribution in [0.15, 0.2) is 17.3 Å². The Balaban J connectivity index is 1.55. The third-order valence-electron chi connectivity index (χ3n) is 4.70. The molecule has 2 aromatic rings. The maximum Gasteiger partial charge on any atom is 0.244 e. The summed E-state index contributed by atoms with van der Waals surface area (Å²) in [5.74, 6) is 1.44. The number of fused-ring (bicyclic) bond motifs is 1. The smallest absolute Gasteiger partial charge is 0.244 e. The van der Waals surface area contributed by atoms with Crippen LogP contribution in [0.4, 0.5) is 0 Å². The van der Waals surface area contributed by atoms with E-state index in [0.29, 0.717) is 25.5 Å². The van der Waals surface area contributed by atoms with E-state index in [0.717, 1.165) is 31.6 Å². The molecule has 2 aromatic heterocycles. The first-order valence-electron chi connectivity index (χ1n) is 8.64. The number of hydrogen-bond donors (Lipinski definition) is 1. The Morgan fingerprint density at radius 1 is 1.40 bits per heavy atom. The van der Waals surface area contributed by atoms with E-state index in [-0.39, 0.29) is 17.0 Å². The average Bonchev–Trinajstić information content (AvgIpc) is 3.33. The predicted molar refractivity (Wildman–Crippen MR) is 88.4 cm³/mol. The summed E-state index contributed by atoms with van der Waals surface area (Å²) in [5, 5.41) is 8.62. The van der Waals surface area contributed by atoms with Crippen LogP contribution >= 0.6 is 0 Å². The monoisotopic (exact) mass is 366 g/mol. The van der Waals surface area contributed by atoms with Crippen LogP contribution in [0, 0.1) is 0 Å². The van der Waals surface area contributed by atoms with Gasteiger partial charge in [0.25, 0.3) is 0 Å². The number of nitrogens with zero attached hydrogens (tertiary/aromatic N) is 5. The van der Waals surface area contributed by atoms with E-state index in [1.54, 1.807) is 10.9 Å². The summed E-state index contributed by atoms with van der Waals surface area (Å²) < 4.78 is 37.1. The van der Waals surface area contributed by atoms with Crippen molar-refractivity contribution in [2.45, 2.75) is 56.1 Å². The molecule has 0 radical (unpaired) electrons. The van der Waals surface area contributed by atoms with Gasteiger partial charge in [0.15, 0.2) is 5.82 Å². The zero-order valence-corrected chi connectivity index (χ0v) is 14.9. The minimum atomic E-state index is -3.66. The number of rotatable bonds is 5. The highest BCUT2D eigenvalue weighted by Gasteiger charge is 2.30. The minimum absolute atomic E-state index is 0.105. The third-order valence-corrected chi connectivity index (χ3v) is 6.13. The van der Waals surface area contributed by atoms with Crippen LogP contribution in [-0.4, -0.2) is 46.2 Å². The quantitative estimate of drug-likeness (QED) is 0.840. The fourth-order valence-corrected chi connectivity index (χ4v) is 4.47. The lowest BCUT2D eigenvalue weighted by Gasteiger charge is -2.22. The number of ether oxygens (including phenoxy) is 1. The Bertz CT molecular complexity index is 852. The number of hydrogen-bond acceptors (Lipinski definition) is 6. The second-order valence-corrected chi connectivity index (χ2v) is 8.17. The van der Waals surface area contributed by atoms with Gasteiger partial charge in [-0.1, -0.05) is 6.92 Å². The summed E-state index contributed by atoms with van der Waals surface area (Å²) in [7, 11) is -3.66. The molecule has 0 amide bonds. The molecule has 4 heterocycles. The molecule has 9 nitrogen and oxygen atoms in total. The molecule has 25 heavy (non-hydrogen) atoms. The summed E-state index contributed by atoms with van der Waals surface area (Å²) >= 11 is 0. The molecule has 1 N–H and O–H groups in total. The number of sulfonamides is 1. The fraction of sp³-hybridized carbons (Fsp3) is 0.667. The van der Waals surface area contributed by atoms with E-state index in [1.807, 2.05) is 11.6 Å². The van der Waals surface area contributed by atoms with Gasteiger partial charge in [-0.25, -0.2) is 22.8 Å². The fourth-order valence-electron chi connectivity index (χ4n) is 3.31. The van der Waals surface area contributed by atoms with Gasteiger partial charge >= 0.3 is 0 Å². The Morgan fingerprint density at radius 3 is 3.04 bits per heavy atom. The molecule has 0 saturated carbocycles. The van der Waals surface area contributed by atoms with E-state index >= 15 is 0 Å². The predicted octanol–water partition coefficient (Wildman–Crippen LogP) is 0.812. The summed E-state index contributed by atoms with van der Waals surface area (Å²) in [4.78, 5) is 4.66. The molecule has 136 valence electrons. The number of nitrogens with one attached hydrogen (secondary N) is 1. The van der Waals surface area contributed by atoms with Gasteiger partial charge in [-0.15, -0.1) is 0 Å². The normalized spacial score (nSPS) is 23.7. The van der Waals surface area contributed by atoms with Gasteiger partial charge in [0.1, 0.15) is 10.7 Å². The molecule has 0 spiro atoms. The molecule has 0 unspecified atom stereocenters. The van der Waals surface area contributed by atoms with Gasteiger partial charge in [0.05, 0.1) is 24.9 Å². The topological polar surface area (TPSA) is 104 Å². The largest absolute Gasteiger partial charge is 0.379 e. The van der Waals surface area contributed by atoms with Crippen molar-refractivity contribution in [1.82, 2.24) is 29.3 Å². The summed E-state index contributed by atoms with van der Waals surface area (Å²) in [5.41, 5.74) is 0. The Kier molecular flexibility index (Phi) is 4.34. The minimum Gasteiger partial charge on any atom is -0.379 e. The first-order chi connectivity index (χ1) is 12.1. The van der Waals surface area contributed by atoms with E-state index in [1.165, 1.54) is 6.20 Å². The first-order valence-corrected chi connectivity index (χ1v) is 10.1. The Labute approximate surface area is 146 Å². The van der Waals surface area contributed by atoms with E-state index in [4.69, 9.17) is 4.74 Å². The zero-order chi connectivity index (χ0) is 17.4. The van der Waals surface area contributed by atoms with Crippen molar-refractivity contribution in [3.05, 3.63) is 24.0 Å². The molecule has 2 aliphatic rings. The molecule has 4 rings (SSSR count). The van der Waals surface area contributed by atoms with Gasteiger partial charge < -0.3 is 4.74 Å². The molecule has 0 aliphatic carbocycles. The van der Waals surface area contributed by atoms with Crippen molar-refractivity contribution < 1.29 is 13.2 Å². The van der Waals surface area contributed by atoms with Crippen molar-refractivity contribution in [3.63, 3.8) is 0 Å². The van der Waals surface area contributed by atoms with Crippen LogP contribution < -0.4 is 4.72 Å². The van der Waals surface area contributed by atoms with E-state index in [9.17, 15) is 8.42 Å². The van der Waals surface area contributed by atoms with Crippen molar-refractivity contribution in [2.24, 2.45) is 0 Å². The lowest BCUT2D eigenvalue weighted by atomic mass is 10.1. The van der Waals surface area contributed by atoms with Crippen LogP contribution in [0.1, 0.15) is 49.9 Å². The SMILES string of the molecule is CCc1nc2n(n1)CCC[C@H]2NS(=O)(=O)c1cnn([C@H]2CCOC2)c1. The Morgan fingerprint density at radius 2 is 2.28 bits per heavy atom. The van der Waals surface area contributed by atoms with Crippen LogP contribution in [0.2, 0.25) is 0 Å². The summed E-state index contributed by atoms with van der Waals surface area (Å²) in [6, 6.07) is -0.251. The van der Waals surface area contributed by atoms with Crippen LogP contribution in [0.3, 0.4) is 0 Å².